The summed E-state index contributed by atoms with van der Waals surface area (Å²) in [6, 6.07) is 7.74. The molecule has 0 spiro atoms. The fourth-order valence-corrected chi connectivity index (χ4v) is 3.54. The summed E-state index contributed by atoms with van der Waals surface area (Å²) in [5.41, 5.74) is 7.03. The van der Waals surface area contributed by atoms with Crippen LogP contribution in [0.2, 0.25) is 0 Å². The van der Waals surface area contributed by atoms with Gasteiger partial charge in [-0.2, -0.15) is 0 Å². The minimum Gasteiger partial charge on any atom is -0.481 e. The Labute approximate surface area is 187 Å². The minimum atomic E-state index is -1.02. The van der Waals surface area contributed by atoms with Gasteiger partial charge in [0.05, 0.1) is 24.2 Å². The van der Waals surface area contributed by atoms with Gasteiger partial charge in [-0.25, -0.2) is 0 Å². The number of aliphatic carboxylic acids is 1. The van der Waals surface area contributed by atoms with E-state index in [-0.39, 0.29) is 42.5 Å². The van der Waals surface area contributed by atoms with E-state index in [1.807, 2.05) is 0 Å². The zero-order valence-corrected chi connectivity index (χ0v) is 17.6. The van der Waals surface area contributed by atoms with Gasteiger partial charge in [-0.15, -0.1) is 10.2 Å². The van der Waals surface area contributed by atoms with Crippen LogP contribution >= 0.6 is 0 Å². The number of nitrogen functional groups attached to an aromatic ring is 1. The van der Waals surface area contributed by atoms with Crippen molar-refractivity contribution in [2.24, 2.45) is 5.73 Å². The zero-order valence-electron chi connectivity index (χ0n) is 17.6. The Balaban J connectivity index is 1.69. The zero-order chi connectivity index (χ0) is 23.7. The van der Waals surface area contributed by atoms with E-state index in [1.54, 1.807) is 23.6 Å². The number of nitrogens with zero attached hydrogens (tertiary/aromatic N) is 5. The van der Waals surface area contributed by atoms with Crippen molar-refractivity contribution >= 4 is 29.3 Å². The molecule has 33 heavy (non-hydrogen) atoms. The second-order valence-corrected chi connectivity index (χ2v) is 7.40. The van der Waals surface area contributed by atoms with Crippen LogP contribution in [0.15, 0.2) is 36.5 Å². The number of amidine groups is 1. The van der Waals surface area contributed by atoms with E-state index in [0.717, 1.165) is 0 Å². The maximum atomic E-state index is 13.3. The molecule has 0 atom stereocenters. The number of aryl methyl sites for hydroxylation is 1. The Morgan fingerprint density at radius 3 is 2.76 bits per heavy atom. The van der Waals surface area contributed by atoms with Gasteiger partial charge in [0.2, 0.25) is 0 Å². The third kappa shape index (κ3) is 4.26. The molecule has 168 valence electrons. The number of hydrogen-bond donors (Lipinski definition) is 4. The summed E-state index contributed by atoms with van der Waals surface area (Å²) < 4.78 is 1.73. The summed E-state index contributed by atoms with van der Waals surface area (Å²) in [6.07, 6.45) is 1.16. The van der Waals surface area contributed by atoms with Crippen LogP contribution in [-0.2, 0) is 11.3 Å². The number of nitrogens with one attached hydrogen (secondary N) is 2. The predicted octanol–water partition coefficient (Wildman–Crippen LogP) is 0.938. The van der Waals surface area contributed by atoms with Gasteiger partial charge < -0.3 is 21.1 Å². The first-order valence-corrected chi connectivity index (χ1v) is 9.93. The summed E-state index contributed by atoms with van der Waals surface area (Å²) in [5, 5.41) is 27.5. The summed E-state index contributed by atoms with van der Waals surface area (Å²) in [4.78, 5) is 42.4. The molecule has 1 aliphatic rings. The topological polar surface area (TPSA) is 180 Å². The standard InChI is InChI=1S/C21H20N8O4/c1-11-26-27-17-10-28(7-5-18(30)31)21(33)14-9-13(2-3-16(14)29(11)17)25-20(32)15-8-12(19(22)23)4-6-24-15/h2-4,6,8-9H,5,7,10H2,1H3,(H3,22,23)(H,25,32)(H,30,31). The van der Waals surface area contributed by atoms with Crippen LogP contribution in [-0.4, -0.2) is 59.9 Å². The van der Waals surface area contributed by atoms with Crippen LogP contribution in [0, 0.1) is 12.3 Å². The highest BCUT2D eigenvalue weighted by Crippen LogP contribution is 2.28. The van der Waals surface area contributed by atoms with Crippen LogP contribution in [0.4, 0.5) is 5.69 Å². The molecule has 0 unspecified atom stereocenters. The Bertz CT molecular complexity index is 1300. The molecule has 0 radical (unpaired) electrons. The number of carboxylic acid groups (broad SMARTS) is 1. The SMILES string of the molecule is Cc1nnc2n1-c1ccc(NC(=O)c3cc(C(=N)N)ccn3)cc1C(=O)N(CCC(=O)O)C2. The highest BCUT2D eigenvalue weighted by atomic mass is 16.4. The van der Waals surface area contributed by atoms with Gasteiger partial charge in [0, 0.05) is 24.0 Å². The number of carbonyl (C=O) groups excluding carboxylic acids is 2. The molecule has 0 saturated heterocycles. The number of carbonyl (C=O) groups is 3. The molecule has 1 aromatic carbocycles. The lowest BCUT2D eigenvalue weighted by Crippen LogP contribution is -2.32. The number of aromatic nitrogens is 4. The van der Waals surface area contributed by atoms with Crippen LogP contribution < -0.4 is 11.1 Å². The summed E-state index contributed by atoms with van der Waals surface area (Å²) >= 11 is 0. The quantitative estimate of drug-likeness (QED) is 0.317. The number of anilines is 1. The molecule has 2 aromatic heterocycles. The van der Waals surface area contributed by atoms with Crippen LogP contribution in [0.25, 0.3) is 5.69 Å². The summed E-state index contributed by atoms with van der Waals surface area (Å²) in [5.74, 6) is -1.06. The van der Waals surface area contributed by atoms with Gasteiger partial charge in [-0.05, 0) is 37.3 Å². The third-order valence-electron chi connectivity index (χ3n) is 5.14. The van der Waals surface area contributed by atoms with E-state index in [1.165, 1.54) is 29.3 Å². The van der Waals surface area contributed by atoms with E-state index in [2.05, 4.69) is 20.5 Å². The van der Waals surface area contributed by atoms with Gasteiger partial charge in [0.1, 0.15) is 17.4 Å². The van der Waals surface area contributed by atoms with Gasteiger partial charge in [-0.1, -0.05) is 0 Å². The predicted molar refractivity (Wildman–Crippen MR) is 116 cm³/mol. The van der Waals surface area contributed by atoms with Crippen LogP contribution in [0.5, 0.6) is 0 Å². The Kier molecular flexibility index (Phi) is 5.56. The molecule has 0 saturated carbocycles. The van der Waals surface area contributed by atoms with Gasteiger partial charge in [0.25, 0.3) is 11.8 Å². The molecular weight excluding hydrogens is 428 g/mol. The van der Waals surface area contributed by atoms with Crippen molar-refractivity contribution in [2.75, 3.05) is 11.9 Å². The molecule has 0 bridgehead atoms. The average molecular weight is 448 g/mol. The van der Waals surface area contributed by atoms with Crippen molar-refractivity contribution in [3.8, 4) is 5.69 Å². The van der Waals surface area contributed by atoms with Crippen molar-refractivity contribution in [3.63, 3.8) is 0 Å². The molecule has 4 rings (SSSR count). The number of rotatable bonds is 6. The number of hydrogen-bond acceptors (Lipinski definition) is 7. The summed E-state index contributed by atoms with van der Waals surface area (Å²) in [6.45, 7) is 1.85. The maximum absolute atomic E-state index is 13.3. The number of carboxylic acids is 1. The molecule has 12 heteroatoms. The number of fused-ring (bicyclic) bond motifs is 3. The van der Waals surface area contributed by atoms with E-state index in [0.29, 0.717) is 28.6 Å². The molecule has 3 aromatic rings. The van der Waals surface area contributed by atoms with Gasteiger partial charge in [-0.3, -0.25) is 29.3 Å². The monoisotopic (exact) mass is 448 g/mol. The fourth-order valence-electron chi connectivity index (χ4n) is 3.54. The lowest BCUT2D eigenvalue weighted by atomic mass is 10.1. The van der Waals surface area contributed by atoms with E-state index in [9.17, 15) is 14.4 Å². The van der Waals surface area contributed by atoms with Gasteiger partial charge >= 0.3 is 5.97 Å². The van der Waals surface area contributed by atoms with Crippen LogP contribution in [0.1, 0.15) is 44.5 Å². The largest absolute Gasteiger partial charge is 0.481 e. The molecule has 12 nitrogen and oxygen atoms in total. The second-order valence-electron chi connectivity index (χ2n) is 7.40. The number of nitrogens with two attached hydrogens (primary N) is 1. The first kappa shape index (κ1) is 21.6. The Hall–Kier alpha value is -4.61. The minimum absolute atomic E-state index is 0.00212. The lowest BCUT2D eigenvalue weighted by Gasteiger charge is -2.19. The normalized spacial score (nSPS) is 12.5. The molecule has 1 aliphatic heterocycles. The van der Waals surface area contributed by atoms with Gasteiger partial charge in [0.15, 0.2) is 5.82 Å². The number of pyridine rings is 1. The van der Waals surface area contributed by atoms with Crippen molar-refractivity contribution in [1.82, 2.24) is 24.6 Å². The molecular formula is C21H20N8O4. The molecule has 0 fully saturated rings. The highest BCUT2D eigenvalue weighted by Gasteiger charge is 2.29. The Morgan fingerprint density at radius 1 is 1.24 bits per heavy atom. The lowest BCUT2D eigenvalue weighted by molar-refractivity contribution is -0.137. The first-order chi connectivity index (χ1) is 15.7. The number of benzene rings is 1. The molecule has 3 heterocycles. The molecule has 5 N–H and O–H groups in total. The van der Waals surface area contributed by atoms with Crippen LogP contribution in [0.3, 0.4) is 0 Å². The molecule has 0 aliphatic carbocycles. The Morgan fingerprint density at radius 2 is 2.03 bits per heavy atom. The van der Waals surface area contributed by atoms with Crippen molar-refractivity contribution in [2.45, 2.75) is 19.9 Å². The van der Waals surface area contributed by atoms with E-state index >= 15 is 0 Å². The third-order valence-corrected chi connectivity index (χ3v) is 5.14. The fraction of sp³-hybridized carbons (Fsp3) is 0.190. The summed E-state index contributed by atoms with van der Waals surface area (Å²) in [7, 11) is 0. The smallest absolute Gasteiger partial charge is 0.305 e. The van der Waals surface area contributed by atoms with Crippen molar-refractivity contribution in [1.29, 1.82) is 5.41 Å². The second kappa shape index (κ2) is 8.49. The average Bonchev–Trinajstić information content (AvgIpc) is 3.10. The van der Waals surface area contributed by atoms with Crippen molar-refractivity contribution < 1.29 is 19.5 Å². The van der Waals surface area contributed by atoms with E-state index in [4.69, 9.17) is 16.2 Å². The maximum Gasteiger partial charge on any atom is 0.305 e. The first-order valence-electron chi connectivity index (χ1n) is 9.93. The number of amides is 2. The van der Waals surface area contributed by atoms with Crippen molar-refractivity contribution in [3.05, 3.63) is 65.0 Å². The molecule has 2 amide bonds. The van der Waals surface area contributed by atoms with E-state index < -0.39 is 11.9 Å². The highest BCUT2D eigenvalue weighted by molar-refractivity contribution is 6.06.